The molecule has 0 N–H and O–H groups in total. The van der Waals surface area contributed by atoms with E-state index in [1.807, 2.05) is 6.92 Å². The van der Waals surface area contributed by atoms with Crippen LogP contribution in [0.2, 0.25) is 5.02 Å². The Bertz CT molecular complexity index is 429. The second kappa shape index (κ2) is 6.19. The molecule has 1 aromatic rings. The maximum Gasteiger partial charge on any atom is 0.340 e. The maximum absolute atomic E-state index is 11.7. The van der Waals surface area contributed by atoms with E-state index in [0.717, 1.165) is 0 Å². The summed E-state index contributed by atoms with van der Waals surface area (Å²) in [6.45, 7) is 3.63. The van der Waals surface area contributed by atoms with Crippen molar-refractivity contribution in [2.75, 3.05) is 0 Å². The Labute approximate surface area is 101 Å². The van der Waals surface area contributed by atoms with Crippen LogP contribution in [-0.4, -0.2) is 12.1 Å². The minimum absolute atomic E-state index is 0.367. The average molecular weight is 237 g/mol. The first-order chi connectivity index (χ1) is 7.69. The molecule has 0 saturated heterocycles. The highest BCUT2D eigenvalue weighted by Gasteiger charge is 2.14. The molecule has 0 amide bonds. The summed E-state index contributed by atoms with van der Waals surface area (Å²) in [4.78, 5) is 11.7. The number of benzene rings is 1. The topological polar surface area (TPSA) is 26.3 Å². The summed E-state index contributed by atoms with van der Waals surface area (Å²) in [5.74, 6) is 5.12. The summed E-state index contributed by atoms with van der Waals surface area (Å²) < 4.78 is 5.21. The molecule has 1 rings (SSSR count). The van der Waals surface area contributed by atoms with E-state index in [1.165, 1.54) is 0 Å². The van der Waals surface area contributed by atoms with Crippen LogP contribution in [0.3, 0.4) is 0 Å². The highest BCUT2D eigenvalue weighted by Crippen LogP contribution is 2.16. The number of carbonyl (C=O) groups excluding carboxylic acids is 1. The summed E-state index contributed by atoms with van der Waals surface area (Å²) in [6.07, 6.45) is 0.297. The van der Waals surface area contributed by atoms with Crippen molar-refractivity contribution in [2.24, 2.45) is 0 Å². The van der Waals surface area contributed by atoms with Crippen LogP contribution in [-0.2, 0) is 4.74 Å². The maximum atomic E-state index is 11.7. The van der Waals surface area contributed by atoms with Crippen LogP contribution in [0.15, 0.2) is 24.3 Å². The quantitative estimate of drug-likeness (QED) is 0.595. The van der Waals surface area contributed by atoms with E-state index in [0.29, 0.717) is 17.0 Å². The third-order valence-electron chi connectivity index (χ3n) is 2.02. The van der Waals surface area contributed by atoms with Gasteiger partial charge in [0.2, 0.25) is 0 Å². The molecular formula is C13H13ClO2. The lowest BCUT2D eigenvalue weighted by molar-refractivity contribution is 0.0405. The van der Waals surface area contributed by atoms with Gasteiger partial charge in [0.15, 0.2) is 6.10 Å². The summed E-state index contributed by atoms with van der Waals surface area (Å²) in [7, 11) is 0. The zero-order valence-electron chi connectivity index (χ0n) is 9.29. The molecule has 1 unspecified atom stereocenters. The number of esters is 1. The van der Waals surface area contributed by atoms with E-state index in [1.54, 1.807) is 31.2 Å². The molecule has 0 bridgehead atoms. The molecule has 0 aliphatic heterocycles. The zero-order chi connectivity index (χ0) is 12.0. The Balaban J connectivity index is 2.78. The fourth-order valence-corrected chi connectivity index (χ4v) is 1.41. The molecule has 2 nitrogen and oxygen atoms in total. The van der Waals surface area contributed by atoms with Crippen LogP contribution < -0.4 is 0 Å². The minimum Gasteiger partial charge on any atom is -0.446 e. The Morgan fingerprint density at radius 3 is 2.75 bits per heavy atom. The SMILES string of the molecule is CC#CC(CC)OC(=O)c1ccccc1Cl. The van der Waals surface area contributed by atoms with E-state index >= 15 is 0 Å². The van der Waals surface area contributed by atoms with Crippen molar-refractivity contribution in [1.82, 2.24) is 0 Å². The monoisotopic (exact) mass is 236 g/mol. The Morgan fingerprint density at radius 2 is 2.19 bits per heavy atom. The lowest BCUT2D eigenvalue weighted by Crippen LogP contribution is -2.16. The first-order valence-corrected chi connectivity index (χ1v) is 5.44. The standard InChI is InChI=1S/C13H13ClO2/c1-3-7-10(4-2)16-13(15)11-8-5-6-9-12(11)14/h5-6,8-10H,4H2,1-2H3. The van der Waals surface area contributed by atoms with Crippen molar-refractivity contribution in [3.05, 3.63) is 34.9 Å². The predicted octanol–water partition coefficient (Wildman–Crippen LogP) is 3.30. The zero-order valence-corrected chi connectivity index (χ0v) is 10.0. The van der Waals surface area contributed by atoms with Gasteiger partial charge in [0.05, 0.1) is 10.6 Å². The highest BCUT2D eigenvalue weighted by atomic mass is 35.5. The van der Waals surface area contributed by atoms with E-state index in [-0.39, 0.29) is 6.10 Å². The van der Waals surface area contributed by atoms with Crippen molar-refractivity contribution in [3.8, 4) is 11.8 Å². The van der Waals surface area contributed by atoms with Crippen molar-refractivity contribution < 1.29 is 9.53 Å². The van der Waals surface area contributed by atoms with Gasteiger partial charge < -0.3 is 4.74 Å². The van der Waals surface area contributed by atoms with Gasteiger partial charge in [0.1, 0.15) is 0 Å². The first-order valence-electron chi connectivity index (χ1n) is 5.06. The molecule has 0 spiro atoms. The van der Waals surface area contributed by atoms with E-state index < -0.39 is 5.97 Å². The highest BCUT2D eigenvalue weighted by molar-refractivity contribution is 6.33. The third-order valence-corrected chi connectivity index (χ3v) is 2.35. The molecule has 0 saturated carbocycles. The molecular weight excluding hydrogens is 224 g/mol. The molecule has 0 aliphatic rings. The van der Waals surface area contributed by atoms with Gasteiger partial charge in [-0.1, -0.05) is 36.6 Å². The van der Waals surface area contributed by atoms with Crippen molar-refractivity contribution in [1.29, 1.82) is 0 Å². The Morgan fingerprint density at radius 1 is 1.50 bits per heavy atom. The van der Waals surface area contributed by atoms with Crippen LogP contribution in [0.4, 0.5) is 0 Å². The molecule has 1 atom stereocenters. The van der Waals surface area contributed by atoms with Crippen LogP contribution in [0.5, 0.6) is 0 Å². The molecule has 0 radical (unpaired) electrons. The smallest absolute Gasteiger partial charge is 0.340 e. The van der Waals surface area contributed by atoms with Gasteiger partial charge >= 0.3 is 5.97 Å². The second-order valence-corrected chi connectivity index (χ2v) is 3.58. The predicted molar refractivity (Wildman–Crippen MR) is 64.4 cm³/mol. The van der Waals surface area contributed by atoms with Crippen LogP contribution >= 0.6 is 11.6 Å². The number of halogens is 1. The number of hydrogen-bond donors (Lipinski definition) is 0. The molecule has 0 aliphatic carbocycles. The summed E-state index contributed by atoms with van der Waals surface area (Å²) in [5, 5.41) is 0.395. The van der Waals surface area contributed by atoms with Crippen LogP contribution in [0, 0.1) is 11.8 Å². The molecule has 0 fully saturated rings. The van der Waals surface area contributed by atoms with Crippen LogP contribution in [0.25, 0.3) is 0 Å². The molecule has 0 aromatic heterocycles. The number of hydrogen-bond acceptors (Lipinski definition) is 2. The number of carbonyl (C=O) groups is 1. The Hall–Kier alpha value is -1.46. The van der Waals surface area contributed by atoms with Gasteiger partial charge in [-0.05, 0) is 25.5 Å². The lowest BCUT2D eigenvalue weighted by atomic mass is 10.2. The lowest BCUT2D eigenvalue weighted by Gasteiger charge is -2.10. The molecule has 3 heteroatoms. The molecule has 16 heavy (non-hydrogen) atoms. The van der Waals surface area contributed by atoms with Gasteiger partial charge in [0, 0.05) is 0 Å². The summed E-state index contributed by atoms with van der Waals surface area (Å²) >= 11 is 5.89. The van der Waals surface area contributed by atoms with Crippen molar-refractivity contribution >= 4 is 17.6 Å². The Kier molecular flexibility index (Phi) is 4.88. The summed E-state index contributed by atoms with van der Waals surface area (Å²) in [5.41, 5.74) is 0.375. The van der Waals surface area contributed by atoms with Gasteiger partial charge in [0.25, 0.3) is 0 Å². The average Bonchev–Trinajstić information content (AvgIpc) is 2.28. The molecule has 0 heterocycles. The van der Waals surface area contributed by atoms with Crippen molar-refractivity contribution in [3.63, 3.8) is 0 Å². The fourth-order valence-electron chi connectivity index (χ4n) is 1.20. The van der Waals surface area contributed by atoms with Gasteiger partial charge in [-0.2, -0.15) is 0 Å². The minimum atomic E-state index is -0.430. The molecule has 1 aromatic carbocycles. The van der Waals surface area contributed by atoms with E-state index in [4.69, 9.17) is 16.3 Å². The largest absolute Gasteiger partial charge is 0.446 e. The third kappa shape index (κ3) is 3.29. The van der Waals surface area contributed by atoms with Crippen molar-refractivity contribution in [2.45, 2.75) is 26.4 Å². The van der Waals surface area contributed by atoms with Crippen LogP contribution in [0.1, 0.15) is 30.6 Å². The first kappa shape index (κ1) is 12.6. The second-order valence-electron chi connectivity index (χ2n) is 3.18. The summed E-state index contributed by atoms with van der Waals surface area (Å²) in [6, 6.07) is 6.80. The fraction of sp³-hybridized carbons (Fsp3) is 0.308. The van der Waals surface area contributed by atoms with Gasteiger partial charge in [-0.3, -0.25) is 0 Å². The van der Waals surface area contributed by atoms with E-state index in [9.17, 15) is 4.79 Å². The number of ether oxygens (including phenoxy) is 1. The normalized spacial score (nSPS) is 11.2. The van der Waals surface area contributed by atoms with Gasteiger partial charge in [-0.15, -0.1) is 5.92 Å². The van der Waals surface area contributed by atoms with E-state index in [2.05, 4.69) is 11.8 Å². The number of rotatable bonds is 3. The molecule has 84 valence electrons. The van der Waals surface area contributed by atoms with Gasteiger partial charge in [-0.25, -0.2) is 4.79 Å².